The van der Waals surface area contributed by atoms with Gasteiger partial charge in [0.05, 0.1) is 39.9 Å². The summed E-state index contributed by atoms with van der Waals surface area (Å²) in [7, 11) is -3.11. The van der Waals surface area contributed by atoms with Crippen LogP contribution in [-0.4, -0.2) is 45.6 Å². The van der Waals surface area contributed by atoms with Crippen LogP contribution in [0.3, 0.4) is 0 Å². The van der Waals surface area contributed by atoms with Gasteiger partial charge in [0.15, 0.2) is 15.5 Å². The SMILES string of the molecule is Cc1ccc(-c2cc(C(=O)NCc3cccnc3)c3c(C)nn([C@H]4CCS(=O)(=O)C4)c3n2)cc1. The minimum Gasteiger partial charge on any atom is -0.348 e. The quantitative estimate of drug-likeness (QED) is 0.474. The van der Waals surface area contributed by atoms with E-state index in [9.17, 15) is 13.2 Å². The maximum Gasteiger partial charge on any atom is 0.252 e. The van der Waals surface area contributed by atoms with Crippen LogP contribution >= 0.6 is 0 Å². The highest BCUT2D eigenvalue weighted by Crippen LogP contribution is 2.32. The van der Waals surface area contributed by atoms with Crippen LogP contribution in [0.4, 0.5) is 0 Å². The molecule has 1 aliphatic heterocycles. The molecule has 9 heteroatoms. The van der Waals surface area contributed by atoms with E-state index in [4.69, 9.17) is 4.98 Å². The Labute approximate surface area is 198 Å². The number of sulfone groups is 1. The summed E-state index contributed by atoms with van der Waals surface area (Å²) in [5.74, 6) is -0.0811. The van der Waals surface area contributed by atoms with Gasteiger partial charge in [0, 0.05) is 24.5 Å². The first-order valence-electron chi connectivity index (χ1n) is 11.2. The summed E-state index contributed by atoms with van der Waals surface area (Å²) in [4.78, 5) is 22.3. The fraction of sp³-hybridized carbons (Fsp3) is 0.280. The van der Waals surface area contributed by atoms with Gasteiger partial charge in [-0.05, 0) is 38.0 Å². The van der Waals surface area contributed by atoms with Crippen LogP contribution in [0.2, 0.25) is 0 Å². The molecule has 0 radical (unpaired) electrons. The van der Waals surface area contributed by atoms with Crippen LogP contribution in [0.15, 0.2) is 54.9 Å². The Morgan fingerprint density at radius 1 is 1.18 bits per heavy atom. The van der Waals surface area contributed by atoms with E-state index in [0.717, 1.165) is 16.7 Å². The smallest absolute Gasteiger partial charge is 0.252 e. The van der Waals surface area contributed by atoms with E-state index in [-0.39, 0.29) is 23.5 Å². The Bertz CT molecular complexity index is 1480. The highest BCUT2D eigenvalue weighted by atomic mass is 32.2. The van der Waals surface area contributed by atoms with Crippen molar-refractivity contribution in [2.45, 2.75) is 32.9 Å². The highest BCUT2D eigenvalue weighted by Gasteiger charge is 2.32. The molecule has 1 N–H and O–H groups in total. The third-order valence-electron chi connectivity index (χ3n) is 6.16. The van der Waals surface area contributed by atoms with Crippen LogP contribution in [0.25, 0.3) is 22.3 Å². The number of carbonyl (C=O) groups is 1. The molecular formula is C25H25N5O3S. The van der Waals surface area contributed by atoms with Gasteiger partial charge in [-0.15, -0.1) is 0 Å². The van der Waals surface area contributed by atoms with Crippen molar-refractivity contribution >= 4 is 26.8 Å². The molecule has 3 aromatic heterocycles. The van der Waals surface area contributed by atoms with E-state index >= 15 is 0 Å². The topological polar surface area (TPSA) is 107 Å². The average molecular weight is 476 g/mol. The molecule has 1 atom stereocenters. The van der Waals surface area contributed by atoms with Gasteiger partial charge in [0.25, 0.3) is 5.91 Å². The average Bonchev–Trinajstić information content (AvgIpc) is 3.36. The molecular weight excluding hydrogens is 450 g/mol. The van der Waals surface area contributed by atoms with E-state index in [2.05, 4.69) is 15.4 Å². The normalized spacial score (nSPS) is 17.2. The van der Waals surface area contributed by atoms with Crippen LogP contribution in [0, 0.1) is 13.8 Å². The zero-order valence-corrected chi connectivity index (χ0v) is 19.8. The summed E-state index contributed by atoms with van der Waals surface area (Å²) in [5, 5.41) is 8.26. The number of hydrogen-bond donors (Lipinski definition) is 1. The van der Waals surface area contributed by atoms with Crippen molar-refractivity contribution in [3.05, 3.63) is 77.2 Å². The van der Waals surface area contributed by atoms with Crippen molar-refractivity contribution < 1.29 is 13.2 Å². The second-order valence-electron chi connectivity index (χ2n) is 8.75. The second kappa shape index (κ2) is 8.64. The van der Waals surface area contributed by atoms with Crippen molar-refractivity contribution in [2.75, 3.05) is 11.5 Å². The van der Waals surface area contributed by atoms with Gasteiger partial charge in [-0.1, -0.05) is 35.9 Å². The lowest BCUT2D eigenvalue weighted by molar-refractivity contribution is 0.0952. The van der Waals surface area contributed by atoms with Gasteiger partial charge in [-0.3, -0.25) is 9.78 Å². The van der Waals surface area contributed by atoms with E-state index in [1.807, 2.05) is 50.2 Å². The molecule has 1 aromatic carbocycles. The van der Waals surface area contributed by atoms with Crippen molar-refractivity contribution in [2.24, 2.45) is 0 Å². The van der Waals surface area contributed by atoms with Gasteiger partial charge in [-0.2, -0.15) is 5.10 Å². The molecule has 1 aliphatic rings. The molecule has 4 aromatic rings. The Balaban J connectivity index is 1.62. The van der Waals surface area contributed by atoms with Crippen LogP contribution in [0.1, 0.15) is 39.6 Å². The molecule has 5 rings (SSSR count). The first-order valence-corrected chi connectivity index (χ1v) is 13.0. The first-order chi connectivity index (χ1) is 16.3. The summed E-state index contributed by atoms with van der Waals surface area (Å²) in [6, 6.07) is 13.1. The summed E-state index contributed by atoms with van der Waals surface area (Å²) in [6.07, 6.45) is 3.88. The number of fused-ring (bicyclic) bond motifs is 1. The molecule has 8 nitrogen and oxygen atoms in total. The number of aromatic nitrogens is 4. The molecule has 0 bridgehead atoms. The predicted molar refractivity (Wildman–Crippen MR) is 130 cm³/mol. The molecule has 34 heavy (non-hydrogen) atoms. The van der Waals surface area contributed by atoms with Gasteiger partial charge in [-0.25, -0.2) is 18.1 Å². The molecule has 1 fully saturated rings. The number of aryl methyl sites for hydroxylation is 2. The summed E-state index contributed by atoms with van der Waals surface area (Å²) >= 11 is 0. The number of rotatable bonds is 5. The van der Waals surface area contributed by atoms with Gasteiger partial charge in [0.2, 0.25) is 0 Å². The molecule has 174 valence electrons. The van der Waals surface area contributed by atoms with E-state index in [1.54, 1.807) is 23.1 Å². The maximum absolute atomic E-state index is 13.4. The number of amides is 1. The summed E-state index contributed by atoms with van der Waals surface area (Å²) in [6.45, 7) is 4.18. The number of carbonyl (C=O) groups excluding carboxylic acids is 1. The van der Waals surface area contributed by atoms with E-state index < -0.39 is 9.84 Å². The zero-order valence-electron chi connectivity index (χ0n) is 19.0. The lowest BCUT2D eigenvalue weighted by Gasteiger charge is -2.12. The lowest BCUT2D eigenvalue weighted by atomic mass is 10.0. The third-order valence-corrected chi connectivity index (χ3v) is 7.91. The largest absolute Gasteiger partial charge is 0.348 e. The minimum atomic E-state index is -3.11. The Morgan fingerprint density at radius 3 is 2.65 bits per heavy atom. The molecule has 1 amide bonds. The monoisotopic (exact) mass is 475 g/mol. The second-order valence-corrected chi connectivity index (χ2v) is 11.0. The van der Waals surface area contributed by atoms with Crippen LogP contribution < -0.4 is 5.32 Å². The van der Waals surface area contributed by atoms with Gasteiger partial charge < -0.3 is 5.32 Å². The first kappa shape index (κ1) is 22.2. The van der Waals surface area contributed by atoms with E-state index in [0.29, 0.717) is 41.0 Å². The van der Waals surface area contributed by atoms with Crippen LogP contribution in [0.5, 0.6) is 0 Å². The fourth-order valence-corrected chi connectivity index (χ4v) is 6.06. The number of nitrogens with one attached hydrogen (secondary N) is 1. The molecule has 0 aliphatic carbocycles. The van der Waals surface area contributed by atoms with Crippen molar-refractivity contribution in [3.63, 3.8) is 0 Å². The third kappa shape index (κ3) is 4.31. The standard InChI is InChI=1S/C25H25N5O3S/c1-16-5-7-19(8-6-16)22-12-21(25(31)27-14-18-4-3-10-26-13-18)23-17(2)29-30(24(23)28-22)20-9-11-34(32,33)15-20/h3-8,10,12-13,20H,9,11,14-15H2,1-2H3,(H,27,31)/t20-/m0/s1. The zero-order chi connectivity index (χ0) is 23.9. The molecule has 1 saturated heterocycles. The Morgan fingerprint density at radius 2 is 1.97 bits per heavy atom. The van der Waals surface area contributed by atoms with Crippen molar-refractivity contribution in [1.29, 1.82) is 0 Å². The van der Waals surface area contributed by atoms with Gasteiger partial charge in [0.1, 0.15) is 0 Å². The summed E-state index contributed by atoms with van der Waals surface area (Å²) in [5.41, 5.74) is 5.17. The molecule has 0 saturated carbocycles. The van der Waals surface area contributed by atoms with E-state index in [1.165, 1.54) is 0 Å². The molecule has 0 unspecified atom stereocenters. The number of benzene rings is 1. The van der Waals surface area contributed by atoms with Crippen molar-refractivity contribution in [3.8, 4) is 11.3 Å². The lowest BCUT2D eigenvalue weighted by Crippen LogP contribution is -2.23. The maximum atomic E-state index is 13.4. The fourth-order valence-electron chi connectivity index (χ4n) is 4.37. The number of hydrogen-bond acceptors (Lipinski definition) is 6. The summed E-state index contributed by atoms with van der Waals surface area (Å²) < 4.78 is 26.0. The van der Waals surface area contributed by atoms with Crippen molar-refractivity contribution in [1.82, 2.24) is 25.1 Å². The van der Waals surface area contributed by atoms with Gasteiger partial charge >= 0.3 is 0 Å². The Hall–Kier alpha value is -3.59. The minimum absolute atomic E-state index is 0.0300. The Kier molecular flexibility index (Phi) is 5.65. The van der Waals surface area contributed by atoms with Crippen LogP contribution in [-0.2, 0) is 16.4 Å². The highest BCUT2D eigenvalue weighted by molar-refractivity contribution is 7.91. The molecule has 0 spiro atoms. The molecule has 4 heterocycles. The number of pyridine rings is 2. The number of nitrogens with zero attached hydrogens (tertiary/aromatic N) is 4. The predicted octanol–water partition coefficient (Wildman–Crippen LogP) is 3.40.